The number of hydrogen-bond donors (Lipinski definition) is 1. The van der Waals surface area contributed by atoms with E-state index in [4.69, 9.17) is 9.47 Å². The molecule has 1 N–H and O–H groups in total. The van der Waals surface area contributed by atoms with Crippen LogP contribution in [0.15, 0.2) is 78.2 Å². The number of hydrogen-bond acceptors (Lipinski definition) is 5. The van der Waals surface area contributed by atoms with E-state index in [1.165, 1.54) is 0 Å². The highest BCUT2D eigenvalue weighted by molar-refractivity contribution is 5.76. The number of aliphatic imine (C=N–C) groups is 1. The number of pyridine rings is 1. The maximum absolute atomic E-state index is 12.4. The minimum atomic E-state index is -0.116. The number of aromatic nitrogens is 1. The number of carbonyl (C=O) groups is 1. The standard InChI is InChI=1S/C25H30N4O3/c1-3-13-26-19-20(2)28-25(30)29-15-10-22(11-16-29)32-24-9-6-8-23(18-24)31-17-12-21-7-4-5-14-27-21/h3-9,13-14,18-19,22H,1,10-12,15-17H2,2H3,(H,28,30)/b20-19+,26-13?. The normalized spacial score (nSPS) is 14.9. The summed E-state index contributed by atoms with van der Waals surface area (Å²) in [6.45, 7) is 7.20. The molecule has 0 spiro atoms. The van der Waals surface area contributed by atoms with Crippen molar-refractivity contribution in [3.8, 4) is 11.5 Å². The lowest BCUT2D eigenvalue weighted by atomic mass is 10.1. The van der Waals surface area contributed by atoms with Gasteiger partial charge in [0, 0.05) is 68.4 Å². The van der Waals surface area contributed by atoms with Gasteiger partial charge in [0.25, 0.3) is 0 Å². The van der Waals surface area contributed by atoms with Crippen LogP contribution in [0.4, 0.5) is 4.79 Å². The van der Waals surface area contributed by atoms with Crippen molar-refractivity contribution in [2.24, 2.45) is 4.99 Å². The van der Waals surface area contributed by atoms with Gasteiger partial charge in [-0.2, -0.15) is 0 Å². The third-order valence-corrected chi connectivity index (χ3v) is 4.95. The quantitative estimate of drug-likeness (QED) is 0.595. The first-order chi connectivity index (χ1) is 15.6. The Morgan fingerprint density at radius 3 is 2.81 bits per heavy atom. The number of allylic oxidation sites excluding steroid dienone is 2. The molecule has 0 radical (unpaired) electrons. The average molecular weight is 435 g/mol. The topological polar surface area (TPSA) is 76.1 Å². The number of piperidine rings is 1. The molecule has 2 aromatic rings. The fraction of sp³-hybridized carbons (Fsp3) is 0.320. The van der Waals surface area contributed by atoms with Gasteiger partial charge < -0.3 is 19.7 Å². The second-order valence-corrected chi connectivity index (χ2v) is 7.47. The number of carbonyl (C=O) groups excluding carboxylic acids is 1. The second-order valence-electron chi connectivity index (χ2n) is 7.47. The summed E-state index contributed by atoms with van der Waals surface area (Å²) in [5, 5.41) is 2.85. The molecule has 0 bridgehead atoms. The molecular weight excluding hydrogens is 404 g/mol. The van der Waals surface area contributed by atoms with Crippen LogP contribution in [0.3, 0.4) is 0 Å². The van der Waals surface area contributed by atoms with Gasteiger partial charge in [-0.15, -0.1) is 0 Å². The van der Waals surface area contributed by atoms with Crippen molar-refractivity contribution in [3.05, 3.63) is 78.9 Å². The maximum Gasteiger partial charge on any atom is 0.321 e. The van der Waals surface area contributed by atoms with Gasteiger partial charge >= 0.3 is 6.03 Å². The molecule has 7 nitrogen and oxygen atoms in total. The molecule has 1 aliphatic rings. The number of rotatable bonds is 9. The van der Waals surface area contributed by atoms with Crippen molar-refractivity contribution in [2.75, 3.05) is 19.7 Å². The van der Waals surface area contributed by atoms with Crippen LogP contribution in [0.2, 0.25) is 0 Å². The number of ether oxygens (including phenoxy) is 2. The molecule has 0 saturated carbocycles. The third-order valence-electron chi connectivity index (χ3n) is 4.95. The SMILES string of the molecule is C=CC=N/C=C(\C)NC(=O)N1CCC(Oc2cccc(OCCc3ccccn3)c2)CC1. The van der Waals surface area contributed by atoms with E-state index >= 15 is 0 Å². The zero-order valence-corrected chi connectivity index (χ0v) is 18.4. The van der Waals surface area contributed by atoms with E-state index < -0.39 is 0 Å². The largest absolute Gasteiger partial charge is 0.493 e. The predicted molar refractivity (Wildman–Crippen MR) is 126 cm³/mol. The minimum Gasteiger partial charge on any atom is -0.493 e. The van der Waals surface area contributed by atoms with Gasteiger partial charge in [0.15, 0.2) is 0 Å². The monoisotopic (exact) mass is 434 g/mol. The summed E-state index contributed by atoms with van der Waals surface area (Å²) in [4.78, 5) is 22.5. The number of urea groups is 1. The molecule has 1 aliphatic heterocycles. The molecule has 7 heteroatoms. The Kier molecular flexibility index (Phi) is 8.86. The summed E-state index contributed by atoms with van der Waals surface area (Å²) >= 11 is 0. The number of amides is 2. The molecule has 3 rings (SSSR count). The molecule has 0 unspecified atom stereocenters. The Balaban J connectivity index is 1.42. The molecule has 168 valence electrons. The van der Waals surface area contributed by atoms with E-state index in [1.807, 2.05) is 42.5 Å². The molecule has 0 atom stereocenters. The van der Waals surface area contributed by atoms with Gasteiger partial charge in [-0.3, -0.25) is 9.98 Å². The van der Waals surface area contributed by atoms with E-state index in [2.05, 4.69) is 21.9 Å². The smallest absolute Gasteiger partial charge is 0.321 e. The summed E-state index contributed by atoms with van der Waals surface area (Å²) in [7, 11) is 0. The minimum absolute atomic E-state index is 0.0663. The lowest BCUT2D eigenvalue weighted by Gasteiger charge is -2.32. The van der Waals surface area contributed by atoms with Gasteiger partial charge in [-0.05, 0) is 31.2 Å². The molecule has 1 aromatic carbocycles. The van der Waals surface area contributed by atoms with E-state index in [-0.39, 0.29) is 12.1 Å². The first-order valence-corrected chi connectivity index (χ1v) is 10.8. The maximum atomic E-state index is 12.4. The van der Waals surface area contributed by atoms with Crippen LogP contribution in [0.25, 0.3) is 0 Å². The van der Waals surface area contributed by atoms with Gasteiger partial charge in [-0.25, -0.2) is 4.79 Å². The highest BCUT2D eigenvalue weighted by Gasteiger charge is 2.24. The zero-order chi connectivity index (χ0) is 22.6. The Morgan fingerprint density at radius 1 is 1.25 bits per heavy atom. The number of nitrogens with one attached hydrogen (secondary N) is 1. The van der Waals surface area contributed by atoms with Gasteiger partial charge in [0.2, 0.25) is 0 Å². The molecular formula is C25H30N4O3. The second kappa shape index (κ2) is 12.3. The van der Waals surface area contributed by atoms with Gasteiger partial charge in [0.05, 0.1) is 6.61 Å². The number of nitrogens with zero attached hydrogens (tertiary/aromatic N) is 3. The first kappa shape index (κ1) is 23.1. The number of likely N-dealkylation sites (tertiary alicyclic amines) is 1. The van der Waals surface area contributed by atoms with Crippen molar-refractivity contribution in [1.82, 2.24) is 15.2 Å². The first-order valence-electron chi connectivity index (χ1n) is 10.8. The number of benzene rings is 1. The summed E-state index contributed by atoms with van der Waals surface area (Å²) in [6, 6.07) is 13.4. The highest BCUT2D eigenvalue weighted by atomic mass is 16.5. The van der Waals surface area contributed by atoms with Crippen LogP contribution in [0.1, 0.15) is 25.5 Å². The van der Waals surface area contributed by atoms with Crippen molar-refractivity contribution >= 4 is 12.2 Å². The lowest BCUT2D eigenvalue weighted by Crippen LogP contribution is -2.46. The average Bonchev–Trinajstić information content (AvgIpc) is 2.81. The van der Waals surface area contributed by atoms with Crippen LogP contribution in [0.5, 0.6) is 11.5 Å². The molecule has 2 heterocycles. The van der Waals surface area contributed by atoms with E-state index in [0.29, 0.717) is 25.4 Å². The Bertz CT molecular complexity index is 935. The van der Waals surface area contributed by atoms with Crippen LogP contribution >= 0.6 is 0 Å². The summed E-state index contributed by atoms with van der Waals surface area (Å²) < 4.78 is 12.0. The molecule has 32 heavy (non-hydrogen) atoms. The van der Waals surface area contributed by atoms with Crippen molar-refractivity contribution in [2.45, 2.75) is 32.3 Å². The Hall–Kier alpha value is -3.61. The van der Waals surface area contributed by atoms with Crippen molar-refractivity contribution < 1.29 is 14.3 Å². The van der Waals surface area contributed by atoms with Gasteiger partial charge in [0.1, 0.15) is 17.6 Å². The van der Waals surface area contributed by atoms with Gasteiger partial charge in [-0.1, -0.05) is 24.8 Å². The van der Waals surface area contributed by atoms with Crippen LogP contribution in [0, 0.1) is 0 Å². The molecule has 1 fully saturated rings. The van der Waals surface area contributed by atoms with Crippen molar-refractivity contribution in [3.63, 3.8) is 0 Å². The van der Waals surface area contributed by atoms with Crippen LogP contribution in [-0.2, 0) is 6.42 Å². The molecule has 0 aliphatic carbocycles. The fourth-order valence-corrected chi connectivity index (χ4v) is 3.32. The van der Waals surface area contributed by atoms with E-state index in [1.54, 1.807) is 36.5 Å². The Labute approximate surface area is 189 Å². The third kappa shape index (κ3) is 7.58. The predicted octanol–water partition coefficient (Wildman–Crippen LogP) is 4.37. The summed E-state index contributed by atoms with van der Waals surface area (Å²) in [5.74, 6) is 1.55. The zero-order valence-electron chi connectivity index (χ0n) is 18.4. The van der Waals surface area contributed by atoms with Crippen molar-refractivity contribution in [1.29, 1.82) is 0 Å². The molecule has 2 amide bonds. The van der Waals surface area contributed by atoms with Crippen LogP contribution < -0.4 is 14.8 Å². The molecule has 1 saturated heterocycles. The Morgan fingerprint density at radius 2 is 2.06 bits per heavy atom. The summed E-state index contributed by atoms with van der Waals surface area (Å²) in [5.41, 5.74) is 1.69. The van der Waals surface area contributed by atoms with Crippen LogP contribution in [-0.4, -0.2) is 47.9 Å². The van der Waals surface area contributed by atoms with E-state index in [9.17, 15) is 4.79 Å². The fourth-order valence-electron chi connectivity index (χ4n) is 3.32. The van der Waals surface area contributed by atoms with E-state index in [0.717, 1.165) is 36.5 Å². The highest BCUT2D eigenvalue weighted by Crippen LogP contribution is 2.23. The lowest BCUT2D eigenvalue weighted by molar-refractivity contribution is 0.111. The molecule has 1 aromatic heterocycles. The summed E-state index contributed by atoms with van der Waals surface area (Å²) in [6.07, 6.45) is 8.90.